The molecule has 0 unspecified atom stereocenters. The van der Waals surface area contributed by atoms with Gasteiger partial charge in [0.15, 0.2) is 5.82 Å². The van der Waals surface area contributed by atoms with Crippen LogP contribution in [0.1, 0.15) is 17.0 Å². The smallest absolute Gasteiger partial charge is 0.212 e. The number of benzene rings is 2. The molecule has 0 saturated carbocycles. The lowest BCUT2D eigenvalue weighted by Crippen LogP contribution is -1.96. The number of aromatic hydroxyl groups is 1. The van der Waals surface area contributed by atoms with Crippen LogP contribution in [-0.4, -0.2) is 26.2 Å². The third-order valence-corrected chi connectivity index (χ3v) is 4.76. The van der Waals surface area contributed by atoms with Crippen molar-refractivity contribution < 1.29 is 5.11 Å². The standard InChI is InChI=1S/C17H15BrN4OS/c1-12-20-21-17(24-11-13-5-7-15(18)8-6-13)22(12)19-10-14-3-2-4-16(23)9-14/h2-10,23H,11H2,1H3/b19-10-. The van der Waals surface area contributed by atoms with Crippen molar-refractivity contribution in [3.8, 4) is 5.75 Å². The Morgan fingerprint density at radius 1 is 1.21 bits per heavy atom. The first-order valence-corrected chi connectivity index (χ1v) is 9.02. The van der Waals surface area contributed by atoms with Gasteiger partial charge >= 0.3 is 0 Å². The molecular formula is C17H15BrN4OS. The Labute approximate surface area is 152 Å². The molecule has 5 nitrogen and oxygen atoms in total. The Morgan fingerprint density at radius 3 is 2.75 bits per heavy atom. The number of thioether (sulfide) groups is 1. The van der Waals surface area contributed by atoms with E-state index in [0.717, 1.165) is 20.9 Å². The highest BCUT2D eigenvalue weighted by Gasteiger charge is 2.08. The minimum Gasteiger partial charge on any atom is -0.508 e. The number of rotatable bonds is 5. The fraction of sp³-hybridized carbons (Fsp3) is 0.118. The predicted octanol–water partition coefficient (Wildman–Crippen LogP) is 4.23. The van der Waals surface area contributed by atoms with Crippen LogP contribution in [0.15, 0.2) is 63.3 Å². The average molecular weight is 403 g/mol. The maximum Gasteiger partial charge on any atom is 0.212 e. The summed E-state index contributed by atoms with van der Waals surface area (Å²) in [5.41, 5.74) is 2.01. The van der Waals surface area contributed by atoms with E-state index >= 15 is 0 Å². The molecule has 0 radical (unpaired) electrons. The summed E-state index contributed by atoms with van der Waals surface area (Å²) in [7, 11) is 0. The zero-order chi connectivity index (χ0) is 16.9. The minimum atomic E-state index is 0.212. The molecule has 0 saturated heterocycles. The van der Waals surface area contributed by atoms with Crippen molar-refractivity contribution in [1.82, 2.24) is 14.9 Å². The van der Waals surface area contributed by atoms with Crippen molar-refractivity contribution >= 4 is 33.9 Å². The van der Waals surface area contributed by atoms with E-state index < -0.39 is 0 Å². The summed E-state index contributed by atoms with van der Waals surface area (Å²) >= 11 is 5.01. The van der Waals surface area contributed by atoms with Crippen LogP contribution in [0.4, 0.5) is 0 Å². The highest BCUT2D eigenvalue weighted by atomic mass is 79.9. The number of halogens is 1. The van der Waals surface area contributed by atoms with E-state index in [1.807, 2.05) is 25.1 Å². The molecule has 7 heteroatoms. The molecule has 0 fully saturated rings. The summed E-state index contributed by atoms with van der Waals surface area (Å²) in [6, 6.07) is 15.1. The van der Waals surface area contributed by atoms with Crippen LogP contribution in [0.25, 0.3) is 0 Å². The molecule has 1 heterocycles. The van der Waals surface area contributed by atoms with E-state index in [2.05, 4.69) is 43.4 Å². The lowest BCUT2D eigenvalue weighted by atomic mass is 10.2. The van der Waals surface area contributed by atoms with Crippen LogP contribution in [0, 0.1) is 6.92 Å². The first-order valence-electron chi connectivity index (χ1n) is 7.24. The summed E-state index contributed by atoms with van der Waals surface area (Å²) in [5, 5.41) is 22.9. The molecule has 0 aliphatic carbocycles. The first kappa shape index (κ1) is 16.7. The lowest BCUT2D eigenvalue weighted by Gasteiger charge is -2.03. The summed E-state index contributed by atoms with van der Waals surface area (Å²) < 4.78 is 2.76. The highest BCUT2D eigenvalue weighted by Crippen LogP contribution is 2.23. The molecule has 0 spiro atoms. The Kier molecular flexibility index (Phi) is 5.32. The minimum absolute atomic E-state index is 0.212. The Morgan fingerprint density at radius 2 is 2.00 bits per heavy atom. The molecule has 3 rings (SSSR count). The zero-order valence-electron chi connectivity index (χ0n) is 12.9. The van der Waals surface area contributed by atoms with Crippen LogP contribution in [0.2, 0.25) is 0 Å². The Balaban J connectivity index is 1.74. The van der Waals surface area contributed by atoms with Crippen molar-refractivity contribution in [3.63, 3.8) is 0 Å². The third kappa shape index (κ3) is 4.24. The van der Waals surface area contributed by atoms with Gasteiger partial charge in [-0.1, -0.05) is 52.0 Å². The van der Waals surface area contributed by atoms with Gasteiger partial charge in [0, 0.05) is 10.2 Å². The number of aromatic nitrogens is 3. The van der Waals surface area contributed by atoms with E-state index in [1.54, 1.807) is 40.9 Å². The van der Waals surface area contributed by atoms with Crippen molar-refractivity contribution in [3.05, 3.63) is 70.0 Å². The van der Waals surface area contributed by atoms with E-state index in [-0.39, 0.29) is 5.75 Å². The number of nitrogens with zero attached hydrogens (tertiary/aromatic N) is 4. The molecule has 2 aromatic carbocycles. The molecule has 0 aliphatic rings. The van der Waals surface area contributed by atoms with Crippen molar-refractivity contribution in [2.75, 3.05) is 0 Å². The Hall–Kier alpha value is -2.12. The van der Waals surface area contributed by atoms with Crippen LogP contribution >= 0.6 is 27.7 Å². The molecule has 122 valence electrons. The fourth-order valence-corrected chi connectivity index (χ4v) is 3.17. The topological polar surface area (TPSA) is 63.3 Å². The highest BCUT2D eigenvalue weighted by molar-refractivity contribution is 9.10. The normalized spacial score (nSPS) is 11.2. The largest absolute Gasteiger partial charge is 0.508 e. The number of phenolic OH excluding ortho intramolecular Hbond substituents is 1. The number of phenols is 1. The van der Waals surface area contributed by atoms with Gasteiger partial charge in [-0.3, -0.25) is 0 Å². The monoisotopic (exact) mass is 402 g/mol. The van der Waals surface area contributed by atoms with E-state index in [0.29, 0.717) is 5.82 Å². The van der Waals surface area contributed by atoms with Crippen LogP contribution in [-0.2, 0) is 5.75 Å². The van der Waals surface area contributed by atoms with Crippen molar-refractivity contribution in [1.29, 1.82) is 0 Å². The molecule has 0 bridgehead atoms. The van der Waals surface area contributed by atoms with Crippen molar-refractivity contribution in [2.45, 2.75) is 17.8 Å². The van der Waals surface area contributed by atoms with Gasteiger partial charge < -0.3 is 5.11 Å². The van der Waals surface area contributed by atoms with Gasteiger partial charge in [-0.15, -0.1) is 10.2 Å². The van der Waals surface area contributed by atoms with E-state index in [1.165, 1.54) is 5.56 Å². The van der Waals surface area contributed by atoms with E-state index in [9.17, 15) is 5.11 Å². The Bertz CT molecular complexity index is 861. The van der Waals surface area contributed by atoms with E-state index in [4.69, 9.17) is 0 Å². The first-order chi connectivity index (χ1) is 11.6. The third-order valence-electron chi connectivity index (χ3n) is 3.24. The van der Waals surface area contributed by atoms with Crippen LogP contribution in [0.5, 0.6) is 5.75 Å². The molecule has 1 N–H and O–H groups in total. The molecule has 24 heavy (non-hydrogen) atoms. The summed E-state index contributed by atoms with van der Waals surface area (Å²) in [5.74, 6) is 1.71. The lowest BCUT2D eigenvalue weighted by molar-refractivity contribution is 0.475. The van der Waals surface area contributed by atoms with Gasteiger partial charge in [-0.2, -0.15) is 9.78 Å². The summed E-state index contributed by atoms with van der Waals surface area (Å²) in [4.78, 5) is 0. The molecular weight excluding hydrogens is 388 g/mol. The SMILES string of the molecule is Cc1nnc(SCc2ccc(Br)cc2)n1/N=C\c1cccc(O)c1. The number of hydrogen-bond donors (Lipinski definition) is 1. The van der Waals surface area contributed by atoms with Gasteiger partial charge in [-0.25, -0.2) is 0 Å². The second kappa shape index (κ2) is 7.63. The van der Waals surface area contributed by atoms with Crippen LogP contribution < -0.4 is 0 Å². The van der Waals surface area contributed by atoms with Gasteiger partial charge in [0.05, 0.1) is 6.21 Å². The van der Waals surface area contributed by atoms with Gasteiger partial charge in [-0.05, 0) is 42.3 Å². The maximum absolute atomic E-state index is 9.51. The maximum atomic E-state index is 9.51. The second-order valence-corrected chi connectivity index (χ2v) is 6.95. The molecule has 0 atom stereocenters. The summed E-state index contributed by atoms with van der Waals surface area (Å²) in [6.07, 6.45) is 1.68. The van der Waals surface area contributed by atoms with Gasteiger partial charge in [0.2, 0.25) is 5.16 Å². The number of aryl methyl sites for hydroxylation is 1. The fourth-order valence-electron chi connectivity index (χ4n) is 2.02. The average Bonchev–Trinajstić information content (AvgIpc) is 2.92. The molecule has 1 aromatic heterocycles. The molecule has 0 amide bonds. The molecule has 0 aliphatic heterocycles. The number of hydrogen-bond acceptors (Lipinski definition) is 5. The molecule has 3 aromatic rings. The second-order valence-electron chi connectivity index (χ2n) is 5.10. The predicted molar refractivity (Wildman–Crippen MR) is 99.6 cm³/mol. The van der Waals surface area contributed by atoms with Gasteiger partial charge in [0.25, 0.3) is 0 Å². The van der Waals surface area contributed by atoms with Crippen molar-refractivity contribution in [2.24, 2.45) is 5.10 Å². The van der Waals surface area contributed by atoms with Gasteiger partial charge in [0.1, 0.15) is 5.75 Å². The summed E-state index contributed by atoms with van der Waals surface area (Å²) in [6.45, 7) is 1.86. The van der Waals surface area contributed by atoms with Crippen LogP contribution in [0.3, 0.4) is 0 Å². The zero-order valence-corrected chi connectivity index (χ0v) is 15.3. The quantitative estimate of drug-likeness (QED) is 0.512.